The normalized spacial score (nSPS) is 18.0. The molecule has 35 heavy (non-hydrogen) atoms. The number of nitrogens with zero attached hydrogens (tertiary/aromatic N) is 1. The lowest BCUT2D eigenvalue weighted by molar-refractivity contribution is 0.214. The molecule has 0 amide bonds. The van der Waals surface area contributed by atoms with Crippen molar-refractivity contribution in [2.75, 3.05) is 0 Å². The Balaban J connectivity index is 1.63. The molecule has 0 radical (unpaired) electrons. The van der Waals surface area contributed by atoms with E-state index >= 15 is 0 Å². The molecule has 2 atom stereocenters. The third kappa shape index (κ3) is 3.63. The average Bonchev–Trinajstić information content (AvgIpc) is 3.34. The minimum Gasteiger partial charge on any atom is -0.490 e. The fourth-order valence-corrected chi connectivity index (χ4v) is 7.11. The molecule has 3 heterocycles. The zero-order valence-electron chi connectivity index (χ0n) is 21.5. The topological polar surface area (TPSA) is 22.1 Å². The van der Waals surface area contributed by atoms with Crippen molar-refractivity contribution in [3.8, 4) is 17.0 Å². The van der Waals surface area contributed by atoms with Crippen molar-refractivity contribution in [1.29, 1.82) is 0 Å². The molecule has 3 aromatic carbocycles. The molecule has 0 N–H and O–H groups in total. The minimum absolute atomic E-state index is 0.0437. The Bertz CT molecular complexity index is 1590. The summed E-state index contributed by atoms with van der Waals surface area (Å²) in [5.74, 6) is 2.12. The molecule has 0 aliphatic carbocycles. The maximum absolute atomic E-state index is 6.35. The van der Waals surface area contributed by atoms with E-state index in [1.165, 1.54) is 47.6 Å². The smallest absolute Gasteiger partial charge is 0.124 e. The van der Waals surface area contributed by atoms with Crippen molar-refractivity contribution in [2.45, 2.75) is 65.4 Å². The van der Waals surface area contributed by atoms with Gasteiger partial charge in [0.05, 0.1) is 10.4 Å². The second-order valence-corrected chi connectivity index (χ2v) is 12.6. The SMILES string of the molecule is CC(C)CC1c2c(ccc3sc4c(-c5cc(C(C)(C)C)c6ccccc6c5)nccc4c23)OC1C. The molecule has 2 unspecified atom stereocenters. The van der Waals surface area contributed by atoms with Gasteiger partial charge in [0.15, 0.2) is 0 Å². The number of benzene rings is 3. The summed E-state index contributed by atoms with van der Waals surface area (Å²) in [6.45, 7) is 13.7. The highest BCUT2D eigenvalue weighted by atomic mass is 32.1. The van der Waals surface area contributed by atoms with Gasteiger partial charge < -0.3 is 4.74 Å². The number of thiophene rings is 1. The van der Waals surface area contributed by atoms with Gasteiger partial charge >= 0.3 is 0 Å². The first-order chi connectivity index (χ1) is 16.7. The molecule has 0 spiro atoms. The van der Waals surface area contributed by atoms with Gasteiger partial charge in [-0.25, -0.2) is 0 Å². The van der Waals surface area contributed by atoms with Crippen molar-refractivity contribution in [3.63, 3.8) is 0 Å². The standard InChI is InChI=1S/C32H33NOS/c1-18(2)15-24-19(3)34-26-11-12-27-29(28(24)26)23-13-14-33-30(31(23)35-27)21-16-20-9-7-8-10-22(20)25(17-21)32(4,5)6/h7-14,16-19,24H,15H2,1-6H3. The van der Waals surface area contributed by atoms with Crippen molar-refractivity contribution in [1.82, 2.24) is 4.98 Å². The van der Waals surface area contributed by atoms with Gasteiger partial charge in [0.2, 0.25) is 0 Å². The lowest BCUT2D eigenvalue weighted by Gasteiger charge is -2.22. The molecule has 0 fully saturated rings. The number of aromatic nitrogens is 1. The van der Waals surface area contributed by atoms with E-state index < -0.39 is 0 Å². The van der Waals surface area contributed by atoms with Crippen molar-refractivity contribution in [2.24, 2.45) is 5.92 Å². The van der Waals surface area contributed by atoms with E-state index in [1.807, 2.05) is 17.5 Å². The number of hydrogen-bond acceptors (Lipinski definition) is 3. The molecule has 178 valence electrons. The summed E-state index contributed by atoms with van der Waals surface area (Å²) >= 11 is 1.87. The second-order valence-electron chi connectivity index (χ2n) is 11.5. The van der Waals surface area contributed by atoms with Crippen LogP contribution in [-0.4, -0.2) is 11.1 Å². The first-order valence-corrected chi connectivity index (χ1v) is 13.6. The molecule has 6 rings (SSSR count). The molecule has 3 heteroatoms. The van der Waals surface area contributed by atoms with Gasteiger partial charge in [0.25, 0.3) is 0 Å². The quantitative estimate of drug-likeness (QED) is 0.257. The van der Waals surface area contributed by atoms with Gasteiger partial charge in [-0.3, -0.25) is 4.98 Å². The molecule has 0 saturated heterocycles. The molecule has 0 bridgehead atoms. The van der Waals surface area contributed by atoms with E-state index in [4.69, 9.17) is 9.72 Å². The number of fused-ring (bicyclic) bond motifs is 6. The Labute approximate surface area is 212 Å². The fraction of sp³-hybridized carbons (Fsp3) is 0.344. The molecule has 2 nitrogen and oxygen atoms in total. The number of hydrogen-bond donors (Lipinski definition) is 0. The molecule has 1 aliphatic rings. The van der Waals surface area contributed by atoms with Crippen LogP contribution in [-0.2, 0) is 5.41 Å². The first-order valence-electron chi connectivity index (χ1n) is 12.8. The van der Waals surface area contributed by atoms with Crippen LogP contribution in [0, 0.1) is 5.92 Å². The van der Waals surface area contributed by atoms with Crippen molar-refractivity contribution in [3.05, 3.63) is 71.9 Å². The van der Waals surface area contributed by atoms with E-state index in [2.05, 4.69) is 96.1 Å². The highest BCUT2D eigenvalue weighted by Gasteiger charge is 2.34. The van der Waals surface area contributed by atoms with Crippen molar-refractivity contribution < 1.29 is 4.74 Å². The largest absolute Gasteiger partial charge is 0.490 e. The average molecular weight is 480 g/mol. The van der Waals surface area contributed by atoms with Gasteiger partial charge in [-0.05, 0) is 71.3 Å². The zero-order chi connectivity index (χ0) is 24.5. The summed E-state index contributed by atoms with van der Waals surface area (Å²) in [7, 11) is 0. The Morgan fingerprint density at radius 2 is 1.80 bits per heavy atom. The van der Waals surface area contributed by atoms with Crippen LogP contribution in [0.3, 0.4) is 0 Å². The van der Waals surface area contributed by atoms with Gasteiger partial charge in [0, 0.05) is 38.7 Å². The van der Waals surface area contributed by atoms with Crippen LogP contribution >= 0.6 is 11.3 Å². The number of ether oxygens (including phenoxy) is 1. The molecule has 2 aromatic heterocycles. The first kappa shape index (κ1) is 22.5. The Kier molecular flexibility index (Phi) is 5.19. The van der Waals surface area contributed by atoms with Crippen LogP contribution in [0.25, 0.3) is 42.2 Å². The highest BCUT2D eigenvalue weighted by molar-refractivity contribution is 7.26. The van der Waals surface area contributed by atoms with E-state index in [0.717, 1.165) is 17.9 Å². The van der Waals surface area contributed by atoms with Gasteiger partial charge in [-0.15, -0.1) is 11.3 Å². The number of pyridine rings is 1. The van der Waals surface area contributed by atoms with E-state index in [9.17, 15) is 0 Å². The molecule has 5 aromatic rings. The summed E-state index contributed by atoms with van der Waals surface area (Å²) in [6.07, 6.45) is 3.35. The van der Waals surface area contributed by atoms with Gasteiger partial charge in [0.1, 0.15) is 11.9 Å². The molecule has 0 saturated carbocycles. The van der Waals surface area contributed by atoms with Gasteiger partial charge in [-0.2, -0.15) is 0 Å². The number of rotatable bonds is 3. The van der Waals surface area contributed by atoms with Crippen molar-refractivity contribution >= 4 is 42.3 Å². The third-order valence-electron chi connectivity index (χ3n) is 7.47. The Morgan fingerprint density at radius 3 is 2.57 bits per heavy atom. The maximum Gasteiger partial charge on any atom is 0.124 e. The van der Waals surface area contributed by atoms with Crippen LogP contribution in [0.5, 0.6) is 5.75 Å². The predicted octanol–water partition coefficient (Wildman–Crippen LogP) is 9.48. The lowest BCUT2D eigenvalue weighted by atomic mass is 9.82. The minimum atomic E-state index is 0.0437. The third-order valence-corrected chi connectivity index (χ3v) is 8.65. The zero-order valence-corrected chi connectivity index (χ0v) is 22.3. The Morgan fingerprint density at radius 1 is 1.00 bits per heavy atom. The molecule has 1 aliphatic heterocycles. The van der Waals surface area contributed by atoms with E-state index in [1.54, 1.807) is 0 Å². The Hall–Kier alpha value is -2.91. The lowest BCUT2D eigenvalue weighted by Crippen LogP contribution is -2.15. The van der Waals surface area contributed by atoms with E-state index in [0.29, 0.717) is 11.8 Å². The predicted molar refractivity (Wildman–Crippen MR) is 151 cm³/mol. The summed E-state index contributed by atoms with van der Waals surface area (Å²) in [4.78, 5) is 4.96. The second kappa shape index (κ2) is 8.06. The summed E-state index contributed by atoms with van der Waals surface area (Å²) in [5, 5.41) is 5.28. The van der Waals surface area contributed by atoms with E-state index in [-0.39, 0.29) is 11.5 Å². The van der Waals surface area contributed by atoms with Crippen LogP contribution in [0.1, 0.15) is 65.0 Å². The van der Waals surface area contributed by atoms with Crippen LogP contribution in [0.4, 0.5) is 0 Å². The fourth-order valence-electron chi connectivity index (χ4n) is 5.88. The summed E-state index contributed by atoms with van der Waals surface area (Å²) in [6, 6.07) is 20.1. The highest BCUT2D eigenvalue weighted by Crippen LogP contribution is 2.50. The van der Waals surface area contributed by atoms with Gasteiger partial charge in [-0.1, -0.05) is 58.9 Å². The summed E-state index contributed by atoms with van der Waals surface area (Å²) < 4.78 is 8.95. The maximum atomic E-state index is 6.35. The van der Waals surface area contributed by atoms with Crippen LogP contribution in [0.15, 0.2) is 60.8 Å². The monoisotopic (exact) mass is 479 g/mol. The molecular weight excluding hydrogens is 446 g/mol. The van der Waals surface area contributed by atoms with Crippen LogP contribution < -0.4 is 4.74 Å². The molecular formula is C32H33NOS. The van der Waals surface area contributed by atoms with Crippen LogP contribution in [0.2, 0.25) is 0 Å². The summed E-state index contributed by atoms with van der Waals surface area (Å²) in [5.41, 5.74) is 5.10.